The molecule has 142 valence electrons. The maximum absolute atomic E-state index is 12.8. The summed E-state index contributed by atoms with van der Waals surface area (Å²) in [5, 5.41) is 3.67. The number of anilines is 1. The van der Waals surface area contributed by atoms with Crippen molar-refractivity contribution >= 4 is 11.7 Å². The van der Waals surface area contributed by atoms with E-state index in [1.54, 1.807) is 0 Å². The molecule has 2 fully saturated rings. The molecule has 3 heterocycles. The van der Waals surface area contributed by atoms with E-state index in [1.165, 1.54) is 31.2 Å². The number of nitrogens with one attached hydrogen (secondary N) is 1. The molecule has 0 radical (unpaired) electrons. The van der Waals surface area contributed by atoms with Crippen molar-refractivity contribution in [2.24, 2.45) is 0 Å². The zero-order chi connectivity index (χ0) is 17.9. The smallest absolute Gasteiger partial charge is 0.251 e. The highest BCUT2D eigenvalue weighted by Gasteiger charge is 2.29. The minimum atomic E-state index is -0.242. The van der Waals surface area contributed by atoms with Crippen molar-refractivity contribution in [1.82, 2.24) is 14.9 Å². The highest BCUT2D eigenvalue weighted by atomic mass is 16.5. The third kappa shape index (κ3) is 3.85. The summed E-state index contributed by atoms with van der Waals surface area (Å²) in [5.74, 6) is 1.98. The number of amides is 1. The Morgan fingerprint density at radius 3 is 2.62 bits per heavy atom. The van der Waals surface area contributed by atoms with E-state index < -0.39 is 0 Å². The molecule has 2 aliphatic heterocycles. The highest BCUT2D eigenvalue weighted by Crippen LogP contribution is 2.27. The fraction of sp³-hybridized carbons (Fsp3) is 0.750. The Morgan fingerprint density at radius 1 is 1.08 bits per heavy atom. The molecule has 3 aliphatic rings. The van der Waals surface area contributed by atoms with Gasteiger partial charge in [-0.2, -0.15) is 0 Å². The van der Waals surface area contributed by atoms with Crippen LogP contribution in [0, 0.1) is 6.92 Å². The van der Waals surface area contributed by atoms with Crippen LogP contribution in [0.2, 0.25) is 0 Å². The molecule has 1 amide bonds. The summed E-state index contributed by atoms with van der Waals surface area (Å²) in [6, 6.07) is 0.532. The molecule has 1 unspecified atom stereocenters. The van der Waals surface area contributed by atoms with Gasteiger partial charge in [-0.1, -0.05) is 12.8 Å². The third-order valence-corrected chi connectivity index (χ3v) is 5.92. The van der Waals surface area contributed by atoms with Gasteiger partial charge in [0.1, 0.15) is 17.7 Å². The van der Waals surface area contributed by atoms with Crippen LogP contribution in [-0.2, 0) is 22.4 Å². The molecule has 0 aromatic carbocycles. The van der Waals surface area contributed by atoms with Crippen LogP contribution in [-0.4, -0.2) is 52.6 Å². The van der Waals surface area contributed by atoms with E-state index >= 15 is 0 Å². The van der Waals surface area contributed by atoms with Gasteiger partial charge in [-0.15, -0.1) is 0 Å². The Balaban J connectivity index is 1.48. The van der Waals surface area contributed by atoms with Gasteiger partial charge in [0.25, 0.3) is 5.91 Å². The van der Waals surface area contributed by atoms with Gasteiger partial charge in [0.05, 0.1) is 5.69 Å². The first-order valence-electron chi connectivity index (χ1n) is 10.2. The minimum Gasteiger partial charge on any atom is -0.368 e. The summed E-state index contributed by atoms with van der Waals surface area (Å²) < 4.78 is 5.71. The van der Waals surface area contributed by atoms with Crippen molar-refractivity contribution in [2.75, 3.05) is 25.0 Å². The minimum absolute atomic E-state index is 0.160. The van der Waals surface area contributed by atoms with Crippen LogP contribution >= 0.6 is 0 Å². The molecular weight excluding hydrogens is 328 g/mol. The van der Waals surface area contributed by atoms with Gasteiger partial charge in [-0.05, 0) is 45.4 Å². The Kier molecular flexibility index (Phi) is 5.38. The quantitative estimate of drug-likeness (QED) is 0.900. The molecule has 1 saturated heterocycles. The number of rotatable bonds is 3. The number of fused-ring (bicyclic) bond motifs is 1. The average Bonchev–Trinajstić information content (AvgIpc) is 3.07. The predicted molar refractivity (Wildman–Crippen MR) is 100 cm³/mol. The molecule has 1 aromatic rings. The van der Waals surface area contributed by atoms with Gasteiger partial charge < -0.3 is 15.0 Å². The number of carbonyl (C=O) groups excluding carboxylic acids is 1. The van der Waals surface area contributed by atoms with E-state index in [9.17, 15) is 4.79 Å². The van der Waals surface area contributed by atoms with Gasteiger partial charge in [0.2, 0.25) is 0 Å². The molecule has 1 atom stereocenters. The molecule has 4 rings (SSSR count). The average molecular weight is 358 g/mol. The van der Waals surface area contributed by atoms with Crippen molar-refractivity contribution in [3.8, 4) is 0 Å². The molecule has 0 bridgehead atoms. The van der Waals surface area contributed by atoms with Gasteiger partial charge in [-0.3, -0.25) is 4.79 Å². The zero-order valence-corrected chi connectivity index (χ0v) is 15.8. The molecule has 1 saturated carbocycles. The Hall–Kier alpha value is -1.69. The molecule has 26 heavy (non-hydrogen) atoms. The van der Waals surface area contributed by atoms with E-state index in [0.29, 0.717) is 12.6 Å². The second kappa shape index (κ2) is 7.91. The number of hydrogen-bond donors (Lipinski definition) is 1. The molecular formula is C20H30N4O2. The SMILES string of the molecule is Cc1nc2c(c(NC3CCCC3)n1)CCN(C(=O)C1CCCCO1)CC2. The second-order valence-corrected chi connectivity index (χ2v) is 7.85. The molecule has 6 nitrogen and oxygen atoms in total. The number of nitrogens with zero attached hydrogens (tertiary/aromatic N) is 3. The lowest BCUT2D eigenvalue weighted by molar-refractivity contribution is -0.146. The fourth-order valence-corrected chi connectivity index (χ4v) is 4.47. The van der Waals surface area contributed by atoms with E-state index in [1.807, 2.05) is 11.8 Å². The molecule has 1 aliphatic carbocycles. The largest absolute Gasteiger partial charge is 0.368 e. The first kappa shape index (κ1) is 17.7. The van der Waals surface area contributed by atoms with E-state index in [-0.39, 0.29) is 12.0 Å². The fourth-order valence-electron chi connectivity index (χ4n) is 4.47. The number of aromatic nitrogens is 2. The lowest BCUT2D eigenvalue weighted by Crippen LogP contribution is -2.43. The topological polar surface area (TPSA) is 67.4 Å². The van der Waals surface area contributed by atoms with Gasteiger partial charge >= 0.3 is 0 Å². The third-order valence-electron chi connectivity index (χ3n) is 5.92. The standard InChI is InChI=1S/C20H30N4O2/c1-14-21-17-10-12-24(20(25)18-8-4-5-13-26-18)11-9-16(17)19(22-14)23-15-6-2-3-7-15/h15,18H,2-13H2,1H3,(H,21,22,23). The number of hydrogen-bond acceptors (Lipinski definition) is 5. The first-order valence-corrected chi connectivity index (χ1v) is 10.2. The van der Waals surface area contributed by atoms with Crippen molar-refractivity contribution in [3.05, 3.63) is 17.1 Å². The van der Waals surface area contributed by atoms with Gasteiger partial charge in [0, 0.05) is 37.7 Å². The lowest BCUT2D eigenvalue weighted by atomic mass is 10.1. The summed E-state index contributed by atoms with van der Waals surface area (Å²) in [6.45, 7) is 4.14. The summed E-state index contributed by atoms with van der Waals surface area (Å²) in [6.07, 6.45) is 9.44. The normalized spacial score (nSPS) is 24.2. The Morgan fingerprint density at radius 2 is 1.85 bits per heavy atom. The molecule has 0 spiro atoms. The monoisotopic (exact) mass is 358 g/mol. The maximum atomic E-state index is 12.8. The van der Waals surface area contributed by atoms with Crippen LogP contribution in [0.5, 0.6) is 0 Å². The van der Waals surface area contributed by atoms with Crippen LogP contribution in [0.15, 0.2) is 0 Å². The van der Waals surface area contributed by atoms with Crippen LogP contribution < -0.4 is 5.32 Å². The van der Waals surface area contributed by atoms with Crippen LogP contribution in [0.3, 0.4) is 0 Å². The first-order chi connectivity index (χ1) is 12.7. The lowest BCUT2D eigenvalue weighted by Gasteiger charge is -2.28. The van der Waals surface area contributed by atoms with E-state index in [4.69, 9.17) is 14.7 Å². The number of aryl methyl sites for hydroxylation is 1. The number of carbonyl (C=O) groups is 1. The van der Waals surface area contributed by atoms with Crippen molar-refractivity contribution in [1.29, 1.82) is 0 Å². The Bertz CT molecular complexity index is 651. The van der Waals surface area contributed by atoms with Crippen molar-refractivity contribution in [2.45, 2.75) is 76.9 Å². The summed E-state index contributed by atoms with van der Waals surface area (Å²) in [5.41, 5.74) is 2.32. The van der Waals surface area contributed by atoms with Crippen LogP contribution in [0.1, 0.15) is 62.0 Å². The molecule has 1 N–H and O–H groups in total. The zero-order valence-electron chi connectivity index (χ0n) is 15.8. The summed E-state index contributed by atoms with van der Waals surface area (Å²) in [4.78, 5) is 24.2. The van der Waals surface area contributed by atoms with Gasteiger partial charge in [0.15, 0.2) is 0 Å². The van der Waals surface area contributed by atoms with Crippen molar-refractivity contribution < 1.29 is 9.53 Å². The van der Waals surface area contributed by atoms with Crippen LogP contribution in [0.4, 0.5) is 5.82 Å². The van der Waals surface area contributed by atoms with Crippen LogP contribution in [0.25, 0.3) is 0 Å². The van der Waals surface area contributed by atoms with E-state index in [2.05, 4.69) is 5.32 Å². The second-order valence-electron chi connectivity index (χ2n) is 7.85. The predicted octanol–water partition coefficient (Wildman–Crippen LogP) is 2.64. The summed E-state index contributed by atoms with van der Waals surface area (Å²) >= 11 is 0. The maximum Gasteiger partial charge on any atom is 0.251 e. The van der Waals surface area contributed by atoms with Crippen molar-refractivity contribution in [3.63, 3.8) is 0 Å². The molecule has 1 aromatic heterocycles. The highest BCUT2D eigenvalue weighted by molar-refractivity contribution is 5.81. The Labute approximate surface area is 155 Å². The number of ether oxygens (including phenoxy) is 1. The summed E-state index contributed by atoms with van der Waals surface area (Å²) in [7, 11) is 0. The van der Waals surface area contributed by atoms with Gasteiger partial charge in [-0.25, -0.2) is 9.97 Å². The molecule has 6 heteroatoms. The van der Waals surface area contributed by atoms with E-state index in [0.717, 1.165) is 62.5 Å².